The van der Waals surface area contributed by atoms with Crippen molar-refractivity contribution >= 4 is 29.4 Å². The minimum Gasteiger partial charge on any atom is -0.460 e. The fourth-order valence-corrected chi connectivity index (χ4v) is 4.71. The average molecular weight is 611 g/mol. The number of methoxy groups -OCH3 is 1. The van der Waals surface area contributed by atoms with Gasteiger partial charge in [0.05, 0.1) is 24.3 Å². The summed E-state index contributed by atoms with van der Waals surface area (Å²) in [5.41, 5.74) is 0.784. The number of allylic oxidation sites excluding steroid dienone is 8. The van der Waals surface area contributed by atoms with Crippen molar-refractivity contribution in [2.75, 3.05) is 7.11 Å². The third kappa shape index (κ3) is 12.0. The molecule has 0 aromatic carbocycles. The van der Waals surface area contributed by atoms with Crippen molar-refractivity contribution in [2.24, 2.45) is 11.8 Å². The number of carbonyl (C=O) groups is 5. The zero-order chi connectivity index (χ0) is 32.8. The van der Waals surface area contributed by atoms with Crippen molar-refractivity contribution in [1.82, 2.24) is 10.6 Å². The molecule has 3 N–H and O–H groups in total. The van der Waals surface area contributed by atoms with Crippen molar-refractivity contribution in [3.05, 3.63) is 71.5 Å². The molecular formula is C34H46N2O8. The van der Waals surface area contributed by atoms with Crippen LogP contribution in [0.25, 0.3) is 0 Å². The molecule has 0 saturated carbocycles. The number of Topliss-reactive ketones (excluding diaryl/α,β-unsaturated/α-hetero) is 1. The maximum Gasteiger partial charge on any atom is 0.328 e. The van der Waals surface area contributed by atoms with Gasteiger partial charge >= 0.3 is 5.97 Å². The number of hydrogen-bond acceptors (Lipinski definition) is 8. The van der Waals surface area contributed by atoms with Crippen LogP contribution in [0.4, 0.5) is 0 Å². The van der Waals surface area contributed by atoms with Crippen molar-refractivity contribution in [2.45, 2.75) is 91.1 Å². The predicted octanol–water partition coefficient (Wildman–Crippen LogP) is 3.73. The minimum absolute atomic E-state index is 0.0599. The van der Waals surface area contributed by atoms with E-state index < -0.39 is 53.7 Å². The molecule has 0 radical (unpaired) electrons. The number of fused-ring (bicyclic) bond motifs is 2. The zero-order valence-electron chi connectivity index (χ0n) is 26.5. The van der Waals surface area contributed by atoms with Crippen LogP contribution in [0.3, 0.4) is 0 Å². The largest absolute Gasteiger partial charge is 0.460 e. The molecular weight excluding hydrogens is 564 g/mol. The second kappa shape index (κ2) is 18.0. The van der Waals surface area contributed by atoms with Crippen LogP contribution in [0, 0.1) is 11.8 Å². The first-order valence-electron chi connectivity index (χ1n) is 15.0. The molecule has 0 spiro atoms. The van der Waals surface area contributed by atoms with Gasteiger partial charge in [-0.3, -0.25) is 19.2 Å². The lowest BCUT2D eigenvalue weighted by atomic mass is 9.90. The highest BCUT2D eigenvalue weighted by Gasteiger charge is 2.30. The number of carbonyl (C=O) groups excluding carboxylic acids is 5. The predicted molar refractivity (Wildman–Crippen MR) is 167 cm³/mol. The van der Waals surface area contributed by atoms with Crippen LogP contribution in [0.2, 0.25) is 0 Å². The van der Waals surface area contributed by atoms with Gasteiger partial charge in [-0.25, -0.2) is 4.79 Å². The van der Waals surface area contributed by atoms with E-state index in [0.717, 1.165) is 6.08 Å². The number of aliphatic hydroxyl groups is 1. The molecule has 44 heavy (non-hydrogen) atoms. The average Bonchev–Trinajstić information content (AvgIpc) is 2.95. The Kier molecular flexibility index (Phi) is 14.9. The summed E-state index contributed by atoms with van der Waals surface area (Å²) in [7, 11) is 1.46. The van der Waals surface area contributed by atoms with Gasteiger partial charge < -0.3 is 25.2 Å². The normalized spacial score (nSPS) is 28.2. The molecule has 10 nitrogen and oxygen atoms in total. The molecule has 240 valence electrons. The number of amides is 2. The van der Waals surface area contributed by atoms with Crippen molar-refractivity contribution in [1.29, 1.82) is 0 Å². The number of hydrogen-bond donors (Lipinski definition) is 3. The Bertz CT molecular complexity index is 1250. The zero-order valence-corrected chi connectivity index (χ0v) is 26.5. The Morgan fingerprint density at radius 2 is 1.80 bits per heavy atom. The highest BCUT2D eigenvalue weighted by atomic mass is 16.5. The van der Waals surface area contributed by atoms with Gasteiger partial charge in [0.1, 0.15) is 12.1 Å². The summed E-state index contributed by atoms with van der Waals surface area (Å²) in [5, 5.41) is 16.4. The Hall–Kier alpha value is -3.89. The van der Waals surface area contributed by atoms with Gasteiger partial charge in [-0.1, -0.05) is 63.3 Å². The summed E-state index contributed by atoms with van der Waals surface area (Å²) in [6.45, 7) is 8.91. The maximum absolute atomic E-state index is 13.0. The van der Waals surface area contributed by atoms with Gasteiger partial charge in [-0.05, 0) is 44.3 Å². The molecule has 2 rings (SSSR count). The number of rotatable bonds is 6. The third-order valence-electron chi connectivity index (χ3n) is 7.29. The molecule has 2 amide bonds. The Balaban J connectivity index is 2.31. The lowest BCUT2D eigenvalue weighted by Crippen LogP contribution is -2.43. The highest BCUT2D eigenvalue weighted by molar-refractivity contribution is 6.21. The molecule has 2 aliphatic rings. The summed E-state index contributed by atoms with van der Waals surface area (Å²) in [4.78, 5) is 63.0. The van der Waals surface area contributed by atoms with Crippen LogP contribution in [0.15, 0.2) is 71.5 Å². The van der Waals surface area contributed by atoms with Gasteiger partial charge in [0.25, 0.3) is 0 Å². The number of ketones is 2. The van der Waals surface area contributed by atoms with E-state index >= 15 is 0 Å². The first-order chi connectivity index (χ1) is 20.8. The summed E-state index contributed by atoms with van der Waals surface area (Å²) in [6.07, 6.45) is 13.5. The highest BCUT2D eigenvalue weighted by Crippen LogP contribution is 2.24. The van der Waals surface area contributed by atoms with E-state index in [-0.39, 0.29) is 42.4 Å². The molecule has 0 aromatic heterocycles. The summed E-state index contributed by atoms with van der Waals surface area (Å²) in [5.74, 6) is -2.52. The molecule has 2 bridgehead atoms. The Morgan fingerprint density at radius 1 is 1.09 bits per heavy atom. The first-order valence-corrected chi connectivity index (χ1v) is 15.0. The van der Waals surface area contributed by atoms with Crippen LogP contribution in [0.1, 0.15) is 66.7 Å². The molecule has 5 atom stereocenters. The number of nitrogens with one attached hydrogen (secondary N) is 2. The number of ether oxygens (including phenoxy) is 2. The second-order valence-corrected chi connectivity index (χ2v) is 11.6. The summed E-state index contributed by atoms with van der Waals surface area (Å²) < 4.78 is 11.2. The molecule has 0 unspecified atom stereocenters. The van der Waals surface area contributed by atoms with Gasteiger partial charge in [0, 0.05) is 37.5 Å². The molecule has 0 fully saturated rings. The van der Waals surface area contributed by atoms with Gasteiger partial charge in [0.2, 0.25) is 17.6 Å². The Labute approximate surface area is 260 Å². The molecule has 1 aliphatic heterocycles. The van der Waals surface area contributed by atoms with Crippen LogP contribution in [0.5, 0.6) is 0 Å². The van der Waals surface area contributed by atoms with E-state index in [1.54, 1.807) is 57.2 Å². The standard InChI is InChI=1S/C34H46N2O8/c1-21(2)17-30(38)35-24(5)34(42)44-29-16-11-9-7-8-10-15-27(43-6)20-31(39)36-28-19-26(37)18-25(33(28)41)14-12-13-22(3)32(40)23(29)4/h7-11,13,15,18-19,21,23-24,27,29,32,40H,12,14,16-17,20H2,1-6H3,(H,35,38)(H,36,39)/b8-7+,11-9+,15-10+,22-13-/t23-,24-,27-,29+,32+/m0/s1. The van der Waals surface area contributed by atoms with Crippen LogP contribution in [-0.4, -0.2) is 65.9 Å². The summed E-state index contributed by atoms with van der Waals surface area (Å²) >= 11 is 0. The topological polar surface area (TPSA) is 148 Å². The first kappa shape index (κ1) is 36.3. The molecule has 1 aliphatic carbocycles. The fraction of sp³-hybridized carbons (Fsp3) is 0.500. The van der Waals surface area contributed by atoms with E-state index in [1.165, 1.54) is 13.2 Å². The number of esters is 1. The number of aliphatic hydroxyl groups excluding tert-OH is 1. The van der Waals surface area contributed by atoms with Crippen LogP contribution < -0.4 is 10.6 Å². The van der Waals surface area contributed by atoms with Gasteiger partial charge in [-0.15, -0.1) is 0 Å². The minimum atomic E-state index is -0.974. The lowest BCUT2D eigenvalue weighted by Gasteiger charge is -2.29. The van der Waals surface area contributed by atoms with E-state index in [0.29, 0.717) is 18.4 Å². The van der Waals surface area contributed by atoms with Crippen molar-refractivity contribution < 1.29 is 38.6 Å². The monoisotopic (exact) mass is 610 g/mol. The van der Waals surface area contributed by atoms with E-state index in [4.69, 9.17) is 9.47 Å². The quantitative estimate of drug-likeness (QED) is 0.234. The lowest BCUT2D eigenvalue weighted by molar-refractivity contribution is -0.156. The van der Waals surface area contributed by atoms with Gasteiger partial charge in [-0.2, -0.15) is 0 Å². The van der Waals surface area contributed by atoms with E-state index in [9.17, 15) is 29.1 Å². The molecule has 1 heterocycles. The third-order valence-corrected chi connectivity index (χ3v) is 7.29. The van der Waals surface area contributed by atoms with E-state index in [2.05, 4.69) is 10.6 Å². The van der Waals surface area contributed by atoms with Crippen molar-refractivity contribution in [3.63, 3.8) is 0 Å². The molecule has 10 heteroatoms. The van der Waals surface area contributed by atoms with Gasteiger partial charge in [0.15, 0.2) is 5.78 Å². The van der Waals surface area contributed by atoms with Crippen LogP contribution >= 0.6 is 0 Å². The molecule has 0 aromatic rings. The Morgan fingerprint density at radius 3 is 2.48 bits per heavy atom. The smallest absolute Gasteiger partial charge is 0.328 e. The molecule has 0 saturated heterocycles. The van der Waals surface area contributed by atoms with Crippen LogP contribution in [-0.2, 0) is 33.4 Å². The SMILES string of the molecule is CO[C@H]1/C=C/C=C/C=C/C[C@@H](OC(=O)[C@H](C)NC(=O)CC(C)C)[C@H](C)[C@H](O)/C(C)=C\CCC2=CC(=O)C=C(NC(=O)C1)C2=O. The maximum atomic E-state index is 13.0. The van der Waals surface area contributed by atoms with E-state index in [1.807, 2.05) is 19.9 Å². The fourth-order valence-electron chi connectivity index (χ4n) is 4.71. The summed E-state index contributed by atoms with van der Waals surface area (Å²) in [6, 6.07) is -0.862. The second-order valence-electron chi connectivity index (χ2n) is 11.6. The van der Waals surface area contributed by atoms with Crippen molar-refractivity contribution in [3.8, 4) is 0 Å².